The number of carboxylic acids is 2. The lowest BCUT2D eigenvalue weighted by atomic mass is 10.4. The molecule has 3 aromatic rings. The molecule has 0 saturated carbocycles. The van der Waals surface area contributed by atoms with Gasteiger partial charge < -0.3 is 19.8 Å². The van der Waals surface area contributed by atoms with E-state index in [2.05, 4.69) is 33.0 Å². The highest BCUT2D eigenvalue weighted by Gasteiger charge is 2.34. The van der Waals surface area contributed by atoms with Crippen molar-refractivity contribution in [1.29, 1.82) is 0 Å². The fourth-order valence-corrected chi connectivity index (χ4v) is 4.34. The summed E-state index contributed by atoms with van der Waals surface area (Å²) in [6.07, 6.45) is 4.18. The van der Waals surface area contributed by atoms with Crippen LogP contribution in [0.3, 0.4) is 0 Å². The molecule has 3 rings (SSSR count). The highest BCUT2D eigenvalue weighted by atomic mass is 35.5. The largest absolute Gasteiger partial charge is 0.561 e. The topological polar surface area (TPSA) is 153 Å². The molecule has 0 unspecified atom stereocenters. The molecule has 1 aromatic carbocycles. The van der Waals surface area contributed by atoms with Crippen LogP contribution in [-0.2, 0) is 4.57 Å². The zero-order valence-electron chi connectivity index (χ0n) is 11.9. The number of rotatable bonds is 5. The minimum Gasteiger partial charge on any atom is -0.561 e. The molecule has 2 heterocycles. The molecule has 0 aliphatic heterocycles. The Bertz CT molecular complexity index is 957. The second-order valence-electron chi connectivity index (χ2n) is 4.51. The summed E-state index contributed by atoms with van der Waals surface area (Å²) < 4.78 is 14.9. The molecular formula is C12H6ClN6O5P-2. The Morgan fingerprint density at radius 3 is 1.80 bits per heavy atom. The summed E-state index contributed by atoms with van der Waals surface area (Å²) in [5.41, 5.74) is -1.30. The first-order chi connectivity index (χ1) is 11.9. The van der Waals surface area contributed by atoms with Crippen molar-refractivity contribution >= 4 is 36.3 Å². The third-order valence-electron chi connectivity index (χ3n) is 3.05. The summed E-state index contributed by atoms with van der Waals surface area (Å²) in [5.74, 6) is -3.03. The number of carboxylic acid groups (broad SMARTS) is 2. The van der Waals surface area contributed by atoms with E-state index in [9.17, 15) is 24.4 Å². The van der Waals surface area contributed by atoms with Gasteiger partial charge in [-0.15, -0.1) is 0 Å². The van der Waals surface area contributed by atoms with Gasteiger partial charge in [-0.1, -0.05) is 34.4 Å². The van der Waals surface area contributed by atoms with Gasteiger partial charge in [-0.2, -0.15) is 0 Å². The summed E-state index contributed by atoms with van der Waals surface area (Å²) in [6, 6.07) is 5.44. The molecule has 0 atom stereocenters. The Kier molecular flexibility index (Phi) is 4.11. The van der Waals surface area contributed by atoms with Gasteiger partial charge in [-0.25, -0.2) is 19.1 Å². The Morgan fingerprint density at radius 2 is 1.40 bits per heavy atom. The normalized spacial score (nSPS) is 11.4. The van der Waals surface area contributed by atoms with Crippen LogP contribution in [0.2, 0.25) is 5.02 Å². The molecule has 25 heavy (non-hydrogen) atoms. The first-order valence-corrected chi connectivity index (χ1v) is 8.36. The van der Waals surface area contributed by atoms with Gasteiger partial charge in [0.2, 0.25) is 0 Å². The molecular weight excluding hydrogens is 375 g/mol. The molecule has 0 radical (unpaired) electrons. The van der Waals surface area contributed by atoms with E-state index >= 15 is 0 Å². The van der Waals surface area contributed by atoms with Crippen LogP contribution in [0.4, 0.5) is 0 Å². The molecule has 128 valence electrons. The summed E-state index contributed by atoms with van der Waals surface area (Å²) in [4.78, 5) is 22.7. The van der Waals surface area contributed by atoms with Gasteiger partial charge in [0.15, 0.2) is 11.9 Å². The fourth-order valence-electron chi connectivity index (χ4n) is 1.98. The highest BCUT2D eigenvalue weighted by Crippen LogP contribution is 2.47. The van der Waals surface area contributed by atoms with E-state index in [-0.39, 0.29) is 5.30 Å². The lowest BCUT2D eigenvalue weighted by Crippen LogP contribution is -2.25. The second-order valence-corrected chi connectivity index (χ2v) is 7.31. The number of benzene rings is 1. The van der Waals surface area contributed by atoms with Crippen LogP contribution in [0.15, 0.2) is 24.3 Å². The van der Waals surface area contributed by atoms with Crippen molar-refractivity contribution in [2.75, 3.05) is 0 Å². The zero-order chi connectivity index (χ0) is 18.2. The van der Waals surface area contributed by atoms with Gasteiger partial charge in [0.1, 0.15) is 0 Å². The van der Waals surface area contributed by atoms with Crippen LogP contribution in [0, 0.1) is 12.4 Å². The van der Waals surface area contributed by atoms with Crippen LogP contribution in [-0.4, -0.2) is 51.7 Å². The maximum atomic E-state index is 13.8. The Morgan fingerprint density at radius 1 is 0.960 bits per heavy atom. The number of aromatic nitrogens is 6. The molecule has 0 bridgehead atoms. The molecule has 0 fully saturated rings. The predicted molar refractivity (Wildman–Crippen MR) is 81.1 cm³/mol. The monoisotopic (exact) mass is 380 g/mol. The van der Waals surface area contributed by atoms with Crippen molar-refractivity contribution < 1.29 is 24.4 Å². The van der Waals surface area contributed by atoms with E-state index in [0.717, 1.165) is 0 Å². The molecule has 0 aliphatic carbocycles. The van der Waals surface area contributed by atoms with Crippen molar-refractivity contribution in [1.82, 2.24) is 29.5 Å². The molecule has 2 aromatic heterocycles. The first-order valence-electron chi connectivity index (χ1n) is 6.37. The molecule has 0 aliphatic rings. The van der Waals surface area contributed by atoms with Crippen LogP contribution >= 0.6 is 19.0 Å². The third-order valence-corrected chi connectivity index (χ3v) is 5.86. The van der Waals surface area contributed by atoms with Gasteiger partial charge in [-0.3, -0.25) is 4.57 Å². The smallest absolute Gasteiger partial charge is 0.329 e. The fraction of sp³-hybridized carbons (Fsp3) is 0. The molecule has 11 nitrogen and oxygen atoms in total. The number of aromatic carboxylic acids is 2. The lowest BCUT2D eigenvalue weighted by Gasteiger charge is -2.24. The molecule has 0 saturated heterocycles. The van der Waals surface area contributed by atoms with E-state index in [0.29, 0.717) is 13.9 Å². The van der Waals surface area contributed by atoms with Crippen LogP contribution in [0.1, 0.15) is 21.0 Å². The van der Waals surface area contributed by atoms with Gasteiger partial charge in [0.25, 0.3) is 0 Å². The quantitative estimate of drug-likeness (QED) is 0.473. The second kappa shape index (κ2) is 6.11. The average molecular weight is 381 g/mol. The Balaban J connectivity index is 2.36. The van der Waals surface area contributed by atoms with Gasteiger partial charge in [0, 0.05) is 16.4 Å². The van der Waals surface area contributed by atoms with Crippen molar-refractivity contribution in [3.63, 3.8) is 0 Å². The van der Waals surface area contributed by atoms with Crippen molar-refractivity contribution in [2.45, 2.75) is 0 Å². The van der Waals surface area contributed by atoms with Crippen LogP contribution < -0.4 is 5.30 Å². The van der Waals surface area contributed by atoms with Crippen molar-refractivity contribution in [3.05, 3.63) is 53.1 Å². The summed E-state index contributed by atoms with van der Waals surface area (Å²) in [5, 5.41) is 32.5. The van der Waals surface area contributed by atoms with E-state index in [4.69, 9.17) is 11.6 Å². The standard InChI is InChI=1S/C12H6ClN6O5P/c13-7-1-3-8(4-2-7)25(24,18-9(11(20)21)5-14-16-18)19-10(12(22)23)6-15-17-19/h1-4H,(H,20,21)(H,22,23)/q-2. The average Bonchev–Trinajstić information content (AvgIpc) is 3.24. The predicted octanol–water partition coefficient (Wildman–Crippen LogP) is 0.435. The zero-order valence-corrected chi connectivity index (χ0v) is 13.6. The van der Waals surface area contributed by atoms with E-state index in [1.54, 1.807) is 0 Å². The minimum atomic E-state index is -4.28. The van der Waals surface area contributed by atoms with Crippen molar-refractivity contribution in [2.24, 2.45) is 0 Å². The molecule has 0 amide bonds. The first kappa shape index (κ1) is 16.8. The highest BCUT2D eigenvalue weighted by molar-refractivity contribution is 7.68. The van der Waals surface area contributed by atoms with Gasteiger partial charge in [0.05, 0.1) is 5.30 Å². The molecule has 2 N–H and O–H groups in total. The maximum Gasteiger partial charge on any atom is 0.329 e. The number of hydrogen-bond donors (Lipinski definition) is 2. The van der Waals surface area contributed by atoms with Crippen LogP contribution in [0.25, 0.3) is 0 Å². The Hall–Kier alpha value is -3.04. The third kappa shape index (κ3) is 2.69. The van der Waals surface area contributed by atoms with Crippen LogP contribution in [0.5, 0.6) is 0 Å². The summed E-state index contributed by atoms with van der Waals surface area (Å²) in [7, 11) is -4.28. The SMILES string of the molecule is O=C(O)c1[c-]nnn1P(=O)(c1ccc(Cl)cc1)n1nn[c-]c1C(=O)O. The lowest BCUT2D eigenvalue weighted by molar-refractivity contribution is 0.0679. The van der Waals surface area contributed by atoms with E-state index in [1.165, 1.54) is 24.3 Å². The number of hydrogen-bond acceptors (Lipinski definition) is 7. The van der Waals surface area contributed by atoms with E-state index in [1.807, 2.05) is 0 Å². The number of halogens is 1. The maximum absolute atomic E-state index is 13.8. The van der Waals surface area contributed by atoms with Gasteiger partial charge in [-0.05, 0) is 24.3 Å². The number of carbonyl (C=O) groups is 2. The summed E-state index contributed by atoms with van der Waals surface area (Å²) >= 11 is 5.82. The van der Waals surface area contributed by atoms with Crippen molar-refractivity contribution in [3.8, 4) is 0 Å². The van der Waals surface area contributed by atoms with Gasteiger partial charge >= 0.3 is 7.44 Å². The molecule has 13 heteroatoms. The molecule has 0 spiro atoms. The number of nitrogens with zero attached hydrogens (tertiary/aromatic N) is 6. The minimum absolute atomic E-state index is 0.000278. The summed E-state index contributed by atoms with van der Waals surface area (Å²) in [6.45, 7) is 0. The van der Waals surface area contributed by atoms with E-state index < -0.39 is 30.8 Å². The Labute approximate surface area is 143 Å².